The van der Waals surface area contributed by atoms with Crippen LogP contribution in [0.5, 0.6) is 0 Å². The zero-order valence-electron chi connectivity index (χ0n) is 10.9. The Kier molecular flexibility index (Phi) is 5.22. The van der Waals surface area contributed by atoms with Crippen molar-refractivity contribution in [3.63, 3.8) is 0 Å². The number of nitrogens with one attached hydrogen (secondary N) is 1. The minimum Gasteiger partial charge on any atom is -0.369 e. The van der Waals surface area contributed by atoms with Crippen LogP contribution in [0.4, 0.5) is 0 Å². The van der Waals surface area contributed by atoms with Crippen molar-refractivity contribution >= 4 is 5.91 Å². The number of amides is 1. The van der Waals surface area contributed by atoms with E-state index in [-0.39, 0.29) is 11.8 Å². The molecule has 2 unspecified atom stereocenters. The minimum atomic E-state index is -0.251. The van der Waals surface area contributed by atoms with Crippen molar-refractivity contribution in [3.8, 4) is 0 Å². The molecule has 0 fully saturated rings. The largest absolute Gasteiger partial charge is 0.369 e. The van der Waals surface area contributed by atoms with Crippen molar-refractivity contribution in [2.45, 2.75) is 39.3 Å². The Hall–Kier alpha value is -1.29. The van der Waals surface area contributed by atoms with E-state index >= 15 is 0 Å². The Labute approximate surface area is 103 Å². The fraction of sp³-hybridized carbons (Fsp3) is 0.615. The summed E-state index contributed by atoms with van der Waals surface area (Å²) >= 11 is 0. The van der Waals surface area contributed by atoms with Crippen LogP contribution >= 0.6 is 0 Å². The van der Waals surface area contributed by atoms with E-state index in [4.69, 9.17) is 5.73 Å². The van der Waals surface area contributed by atoms with Gasteiger partial charge in [0.25, 0.3) is 0 Å². The van der Waals surface area contributed by atoms with Gasteiger partial charge in [0.05, 0.1) is 5.92 Å². The van der Waals surface area contributed by atoms with E-state index in [2.05, 4.69) is 24.5 Å². The lowest BCUT2D eigenvalue weighted by molar-refractivity contribution is -0.121. The second kappa shape index (κ2) is 6.45. The molecule has 96 valence electrons. The molecule has 0 aliphatic heterocycles. The van der Waals surface area contributed by atoms with Gasteiger partial charge in [-0.25, -0.2) is 0 Å². The van der Waals surface area contributed by atoms with E-state index in [0.717, 1.165) is 12.8 Å². The molecule has 1 rings (SSSR count). The predicted octanol–water partition coefficient (Wildman–Crippen LogP) is 1.67. The van der Waals surface area contributed by atoms with Gasteiger partial charge in [0.1, 0.15) is 0 Å². The maximum Gasteiger partial charge on any atom is 0.222 e. The van der Waals surface area contributed by atoms with Crippen LogP contribution in [0.15, 0.2) is 18.5 Å². The van der Waals surface area contributed by atoms with E-state index in [0.29, 0.717) is 12.6 Å². The summed E-state index contributed by atoms with van der Waals surface area (Å²) in [7, 11) is 1.98. The summed E-state index contributed by atoms with van der Waals surface area (Å²) in [5.41, 5.74) is 6.53. The Morgan fingerprint density at radius 3 is 2.82 bits per heavy atom. The standard InChI is InChI=1S/C13H23N3O/c1-4-5-12(15-3)11-6-7-16(9-11)8-10(2)13(14)17/h6-7,9-10,12,15H,4-5,8H2,1-3H3,(H2,14,17). The summed E-state index contributed by atoms with van der Waals surface area (Å²) in [6.45, 7) is 4.68. The third-order valence-electron chi connectivity index (χ3n) is 3.07. The molecule has 4 nitrogen and oxygen atoms in total. The Balaban J connectivity index is 2.66. The predicted molar refractivity (Wildman–Crippen MR) is 69.5 cm³/mol. The van der Waals surface area contributed by atoms with E-state index in [9.17, 15) is 4.79 Å². The third-order valence-corrected chi connectivity index (χ3v) is 3.07. The number of hydrogen-bond acceptors (Lipinski definition) is 2. The molecule has 2 atom stereocenters. The molecule has 0 saturated heterocycles. The minimum absolute atomic E-state index is 0.130. The van der Waals surface area contributed by atoms with Crippen LogP contribution in [0.2, 0.25) is 0 Å². The first-order valence-electron chi connectivity index (χ1n) is 6.20. The van der Waals surface area contributed by atoms with E-state index in [1.165, 1.54) is 5.56 Å². The molecule has 0 saturated carbocycles. The van der Waals surface area contributed by atoms with E-state index in [1.807, 2.05) is 24.7 Å². The molecule has 0 aliphatic carbocycles. The molecule has 3 N–H and O–H groups in total. The summed E-state index contributed by atoms with van der Waals surface area (Å²) in [5.74, 6) is -0.381. The molecule has 0 aromatic carbocycles. The molecule has 0 spiro atoms. The molecule has 1 aromatic heterocycles. The van der Waals surface area contributed by atoms with Crippen molar-refractivity contribution < 1.29 is 4.79 Å². The first-order chi connectivity index (χ1) is 8.08. The van der Waals surface area contributed by atoms with Gasteiger partial charge in [-0.3, -0.25) is 4.79 Å². The number of nitrogens with zero attached hydrogens (tertiary/aromatic N) is 1. The first-order valence-corrected chi connectivity index (χ1v) is 6.20. The summed E-state index contributed by atoms with van der Waals surface area (Å²) in [6, 6.07) is 2.50. The molecule has 0 radical (unpaired) electrons. The maximum absolute atomic E-state index is 11.0. The van der Waals surface area contributed by atoms with Crippen molar-refractivity contribution in [1.29, 1.82) is 0 Å². The molecule has 0 aliphatic rings. The lowest BCUT2D eigenvalue weighted by Crippen LogP contribution is -2.24. The van der Waals surface area contributed by atoms with E-state index < -0.39 is 0 Å². The van der Waals surface area contributed by atoms with Gasteiger partial charge in [-0.05, 0) is 25.1 Å². The third kappa shape index (κ3) is 3.89. The second-order valence-electron chi connectivity index (χ2n) is 4.57. The van der Waals surface area contributed by atoms with Gasteiger partial charge in [-0.15, -0.1) is 0 Å². The summed E-state index contributed by atoms with van der Waals surface area (Å²) in [5, 5.41) is 3.30. The Morgan fingerprint density at radius 1 is 1.59 bits per heavy atom. The normalized spacial score (nSPS) is 14.5. The lowest BCUT2D eigenvalue weighted by Gasteiger charge is -2.13. The van der Waals surface area contributed by atoms with Gasteiger partial charge < -0.3 is 15.6 Å². The van der Waals surface area contributed by atoms with Gasteiger partial charge in [0.15, 0.2) is 0 Å². The van der Waals surface area contributed by atoms with Crippen LogP contribution in [-0.2, 0) is 11.3 Å². The van der Waals surface area contributed by atoms with Crippen molar-refractivity contribution in [1.82, 2.24) is 9.88 Å². The smallest absolute Gasteiger partial charge is 0.222 e. The van der Waals surface area contributed by atoms with Crippen molar-refractivity contribution in [2.24, 2.45) is 11.7 Å². The quantitative estimate of drug-likeness (QED) is 0.758. The molecule has 1 amide bonds. The van der Waals surface area contributed by atoms with Crippen LogP contribution in [-0.4, -0.2) is 17.5 Å². The molecule has 4 heteroatoms. The van der Waals surface area contributed by atoms with Crippen LogP contribution in [0, 0.1) is 5.92 Å². The first kappa shape index (κ1) is 13.8. The number of hydrogen-bond donors (Lipinski definition) is 2. The van der Waals surface area contributed by atoms with Crippen molar-refractivity contribution in [2.75, 3.05) is 7.05 Å². The number of primary amides is 1. The van der Waals surface area contributed by atoms with Crippen LogP contribution < -0.4 is 11.1 Å². The SMILES string of the molecule is CCCC(NC)c1ccn(CC(C)C(N)=O)c1. The number of nitrogens with two attached hydrogens (primary N) is 1. The average Bonchev–Trinajstić information content (AvgIpc) is 2.74. The van der Waals surface area contributed by atoms with Crippen LogP contribution in [0.25, 0.3) is 0 Å². The maximum atomic E-state index is 11.0. The fourth-order valence-corrected chi connectivity index (χ4v) is 1.95. The zero-order chi connectivity index (χ0) is 12.8. The van der Waals surface area contributed by atoms with Gasteiger partial charge in [-0.1, -0.05) is 20.3 Å². The van der Waals surface area contributed by atoms with Crippen molar-refractivity contribution in [3.05, 3.63) is 24.0 Å². The fourth-order valence-electron chi connectivity index (χ4n) is 1.95. The highest BCUT2D eigenvalue weighted by Gasteiger charge is 2.12. The summed E-state index contributed by atoms with van der Waals surface area (Å²) < 4.78 is 2.03. The highest BCUT2D eigenvalue weighted by atomic mass is 16.1. The number of aromatic nitrogens is 1. The highest BCUT2D eigenvalue weighted by Crippen LogP contribution is 2.18. The molecular formula is C13H23N3O. The monoisotopic (exact) mass is 237 g/mol. The zero-order valence-corrected chi connectivity index (χ0v) is 10.9. The molecule has 1 aromatic rings. The highest BCUT2D eigenvalue weighted by molar-refractivity contribution is 5.76. The lowest BCUT2D eigenvalue weighted by atomic mass is 10.1. The Morgan fingerprint density at radius 2 is 2.29 bits per heavy atom. The Bertz CT molecular complexity index is 359. The van der Waals surface area contributed by atoms with E-state index in [1.54, 1.807) is 0 Å². The van der Waals surface area contributed by atoms with Gasteiger partial charge in [0, 0.05) is 25.0 Å². The van der Waals surface area contributed by atoms with Crippen LogP contribution in [0.1, 0.15) is 38.3 Å². The molecule has 17 heavy (non-hydrogen) atoms. The molecule has 0 bridgehead atoms. The van der Waals surface area contributed by atoms with Gasteiger partial charge in [-0.2, -0.15) is 0 Å². The van der Waals surface area contributed by atoms with Gasteiger partial charge in [0.2, 0.25) is 5.91 Å². The number of carbonyl (C=O) groups is 1. The summed E-state index contributed by atoms with van der Waals surface area (Å²) in [6.07, 6.45) is 6.37. The average molecular weight is 237 g/mol. The van der Waals surface area contributed by atoms with Crippen LogP contribution in [0.3, 0.4) is 0 Å². The number of rotatable bonds is 7. The van der Waals surface area contributed by atoms with Gasteiger partial charge >= 0.3 is 0 Å². The number of carbonyl (C=O) groups excluding carboxylic acids is 1. The molecular weight excluding hydrogens is 214 g/mol. The molecule has 1 heterocycles. The second-order valence-corrected chi connectivity index (χ2v) is 4.57. The summed E-state index contributed by atoms with van der Waals surface area (Å²) in [4.78, 5) is 11.0. The topological polar surface area (TPSA) is 60.1 Å².